The van der Waals surface area contributed by atoms with Gasteiger partial charge in [0.15, 0.2) is 0 Å². The summed E-state index contributed by atoms with van der Waals surface area (Å²) in [7, 11) is 0. The molecule has 0 radical (unpaired) electrons. The van der Waals surface area contributed by atoms with Gasteiger partial charge in [-0.3, -0.25) is 0 Å². The maximum Gasteiger partial charge on any atom is 0.131 e. The molecule has 2 rings (SSSR count). The summed E-state index contributed by atoms with van der Waals surface area (Å²) in [5.41, 5.74) is -0.243. The van der Waals surface area contributed by atoms with Gasteiger partial charge < -0.3 is 9.84 Å². The molecule has 15 heavy (non-hydrogen) atoms. The fourth-order valence-electron chi connectivity index (χ4n) is 1.83. The third-order valence-corrected chi connectivity index (χ3v) is 2.71. The minimum absolute atomic E-state index is 0.212. The molecule has 2 nitrogen and oxygen atoms in total. The number of aliphatic hydroxyl groups is 1. The number of hydrogen-bond donors (Lipinski definition) is 1. The van der Waals surface area contributed by atoms with Crippen molar-refractivity contribution in [2.45, 2.75) is 12.5 Å². The van der Waals surface area contributed by atoms with Crippen LogP contribution in [0.5, 0.6) is 0 Å². The third kappa shape index (κ3) is 2.01. The summed E-state index contributed by atoms with van der Waals surface area (Å²) in [6.45, 7) is 0.896. The summed E-state index contributed by atoms with van der Waals surface area (Å²) in [5, 5.41) is 9.82. The third-order valence-electron chi connectivity index (χ3n) is 2.71. The van der Waals surface area contributed by atoms with Crippen molar-refractivity contribution in [1.29, 1.82) is 0 Å². The highest BCUT2D eigenvalue weighted by Gasteiger charge is 2.29. The van der Waals surface area contributed by atoms with Crippen molar-refractivity contribution in [3.05, 3.63) is 35.4 Å². The molecule has 0 amide bonds. The lowest BCUT2D eigenvalue weighted by Gasteiger charge is -2.17. The Balaban J connectivity index is 2.27. The average molecular weight is 214 g/mol. The van der Waals surface area contributed by atoms with Crippen LogP contribution < -0.4 is 0 Å². The molecule has 82 valence electrons. The molecule has 1 aromatic rings. The standard InChI is InChI=1S/C11H12F2O2/c12-8-2-1-3-9(13)10(8)11(14)7-4-5-15-6-7/h1-3,7,11,14H,4-6H2. The molecule has 0 aromatic heterocycles. The van der Waals surface area contributed by atoms with Crippen LogP contribution in [-0.2, 0) is 4.74 Å². The van der Waals surface area contributed by atoms with Crippen molar-refractivity contribution in [3.8, 4) is 0 Å². The molecule has 0 spiro atoms. The topological polar surface area (TPSA) is 29.5 Å². The molecule has 1 saturated heterocycles. The van der Waals surface area contributed by atoms with E-state index in [4.69, 9.17) is 4.74 Å². The molecule has 2 atom stereocenters. The van der Waals surface area contributed by atoms with E-state index < -0.39 is 17.7 Å². The van der Waals surface area contributed by atoms with Gasteiger partial charge in [0.1, 0.15) is 11.6 Å². The van der Waals surface area contributed by atoms with E-state index in [1.165, 1.54) is 6.07 Å². The molecule has 0 saturated carbocycles. The number of aliphatic hydroxyl groups excluding tert-OH is 1. The van der Waals surface area contributed by atoms with E-state index in [0.29, 0.717) is 19.6 Å². The number of benzene rings is 1. The van der Waals surface area contributed by atoms with E-state index in [0.717, 1.165) is 12.1 Å². The Kier molecular flexibility index (Phi) is 2.98. The van der Waals surface area contributed by atoms with Crippen LogP contribution in [0.2, 0.25) is 0 Å². The summed E-state index contributed by atoms with van der Waals surface area (Å²) in [4.78, 5) is 0. The van der Waals surface area contributed by atoms with Crippen molar-refractivity contribution in [2.24, 2.45) is 5.92 Å². The van der Waals surface area contributed by atoms with Gasteiger partial charge in [-0.2, -0.15) is 0 Å². The first kappa shape index (κ1) is 10.5. The van der Waals surface area contributed by atoms with E-state index in [9.17, 15) is 13.9 Å². The SMILES string of the molecule is OC(c1c(F)cccc1F)C1CCOC1. The fourth-order valence-corrected chi connectivity index (χ4v) is 1.83. The van der Waals surface area contributed by atoms with Crippen LogP contribution in [-0.4, -0.2) is 18.3 Å². The molecule has 0 aliphatic carbocycles. The molecule has 1 aliphatic heterocycles. The first-order chi connectivity index (χ1) is 7.20. The lowest BCUT2D eigenvalue weighted by Crippen LogP contribution is -2.15. The van der Waals surface area contributed by atoms with Crippen molar-refractivity contribution in [2.75, 3.05) is 13.2 Å². The maximum absolute atomic E-state index is 13.3. The Morgan fingerprint density at radius 2 is 2.00 bits per heavy atom. The van der Waals surface area contributed by atoms with Gasteiger partial charge in [0.05, 0.1) is 18.3 Å². The van der Waals surface area contributed by atoms with Gasteiger partial charge in [0, 0.05) is 12.5 Å². The highest BCUT2D eigenvalue weighted by atomic mass is 19.1. The molecule has 4 heteroatoms. The molecule has 2 unspecified atom stereocenters. The lowest BCUT2D eigenvalue weighted by molar-refractivity contribution is 0.0858. The summed E-state index contributed by atoms with van der Waals surface area (Å²) in [5.74, 6) is -1.61. The molecule has 1 aliphatic rings. The Labute approximate surface area is 86.5 Å². The first-order valence-electron chi connectivity index (χ1n) is 4.90. The predicted molar refractivity (Wildman–Crippen MR) is 50.2 cm³/mol. The highest BCUT2D eigenvalue weighted by Crippen LogP contribution is 2.31. The van der Waals surface area contributed by atoms with Crippen LogP contribution >= 0.6 is 0 Å². The molecule has 1 aromatic carbocycles. The van der Waals surface area contributed by atoms with Crippen LogP contribution in [0.4, 0.5) is 8.78 Å². The molecule has 1 heterocycles. The van der Waals surface area contributed by atoms with Crippen LogP contribution in [0.1, 0.15) is 18.1 Å². The van der Waals surface area contributed by atoms with Gasteiger partial charge in [0.2, 0.25) is 0 Å². The Morgan fingerprint density at radius 3 is 2.53 bits per heavy atom. The zero-order valence-electron chi connectivity index (χ0n) is 8.12. The molecule has 0 bridgehead atoms. The van der Waals surface area contributed by atoms with Gasteiger partial charge in [0.25, 0.3) is 0 Å². The Hall–Kier alpha value is -1.00. The quantitative estimate of drug-likeness (QED) is 0.816. The zero-order valence-corrected chi connectivity index (χ0v) is 8.12. The summed E-state index contributed by atoms with van der Waals surface area (Å²) in [6.07, 6.45) is -0.483. The summed E-state index contributed by atoms with van der Waals surface area (Å²) in [6, 6.07) is 3.58. The van der Waals surface area contributed by atoms with Crippen molar-refractivity contribution < 1.29 is 18.6 Å². The Morgan fingerprint density at radius 1 is 1.33 bits per heavy atom. The molecular formula is C11H12F2O2. The maximum atomic E-state index is 13.3. The van der Waals surface area contributed by atoms with E-state index in [1.807, 2.05) is 0 Å². The van der Waals surface area contributed by atoms with Crippen molar-refractivity contribution in [3.63, 3.8) is 0 Å². The highest BCUT2D eigenvalue weighted by molar-refractivity contribution is 5.22. The van der Waals surface area contributed by atoms with Gasteiger partial charge in [-0.25, -0.2) is 8.78 Å². The second-order valence-electron chi connectivity index (χ2n) is 3.70. The number of rotatable bonds is 2. The predicted octanol–water partition coefficient (Wildman–Crippen LogP) is 2.03. The second kappa shape index (κ2) is 4.24. The van der Waals surface area contributed by atoms with E-state index in [-0.39, 0.29) is 11.5 Å². The van der Waals surface area contributed by atoms with Crippen LogP contribution in [0.25, 0.3) is 0 Å². The largest absolute Gasteiger partial charge is 0.388 e. The molecule has 1 fully saturated rings. The van der Waals surface area contributed by atoms with Gasteiger partial charge in [-0.05, 0) is 18.6 Å². The zero-order chi connectivity index (χ0) is 10.8. The van der Waals surface area contributed by atoms with Crippen molar-refractivity contribution >= 4 is 0 Å². The fraction of sp³-hybridized carbons (Fsp3) is 0.455. The summed E-state index contributed by atoms with van der Waals surface area (Å²) >= 11 is 0. The van der Waals surface area contributed by atoms with Crippen LogP contribution in [0, 0.1) is 17.6 Å². The van der Waals surface area contributed by atoms with Crippen molar-refractivity contribution in [1.82, 2.24) is 0 Å². The number of ether oxygens (including phenoxy) is 1. The Bertz CT molecular complexity index is 328. The monoisotopic (exact) mass is 214 g/mol. The average Bonchev–Trinajstić information content (AvgIpc) is 2.69. The van der Waals surface area contributed by atoms with E-state index in [2.05, 4.69) is 0 Å². The van der Waals surface area contributed by atoms with Gasteiger partial charge >= 0.3 is 0 Å². The number of halogens is 2. The summed E-state index contributed by atoms with van der Waals surface area (Å²) < 4.78 is 31.7. The smallest absolute Gasteiger partial charge is 0.131 e. The van der Waals surface area contributed by atoms with Crippen LogP contribution in [0.15, 0.2) is 18.2 Å². The minimum atomic E-state index is -1.12. The number of hydrogen-bond acceptors (Lipinski definition) is 2. The van der Waals surface area contributed by atoms with Gasteiger partial charge in [-0.1, -0.05) is 6.07 Å². The first-order valence-corrected chi connectivity index (χ1v) is 4.90. The minimum Gasteiger partial charge on any atom is -0.388 e. The lowest BCUT2D eigenvalue weighted by atomic mass is 9.94. The normalized spacial score (nSPS) is 23.0. The second-order valence-corrected chi connectivity index (χ2v) is 3.70. The molecule has 1 N–H and O–H groups in total. The van der Waals surface area contributed by atoms with Gasteiger partial charge in [-0.15, -0.1) is 0 Å². The van der Waals surface area contributed by atoms with E-state index in [1.54, 1.807) is 0 Å². The van der Waals surface area contributed by atoms with E-state index >= 15 is 0 Å². The van der Waals surface area contributed by atoms with Crippen LogP contribution in [0.3, 0.4) is 0 Å². The molecular weight excluding hydrogens is 202 g/mol.